The molecule has 1 unspecified atom stereocenters. The summed E-state index contributed by atoms with van der Waals surface area (Å²) in [5, 5.41) is 10.3. The van der Waals surface area contributed by atoms with Gasteiger partial charge in [0.2, 0.25) is 0 Å². The van der Waals surface area contributed by atoms with E-state index in [0.717, 1.165) is 42.6 Å². The Balaban J connectivity index is 0.00000124. The fourth-order valence-electron chi connectivity index (χ4n) is 3.35. The van der Waals surface area contributed by atoms with E-state index >= 15 is 0 Å². The van der Waals surface area contributed by atoms with Crippen molar-refractivity contribution in [3.8, 4) is 0 Å². The van der Waals surface area contributed by atoms with E-state index < -0.39 is 0 Å². The molecule has 0 bridgehead atoms. The summed E-state index contributed by atoms with van der Waals surface area (Å²) < 4.78 is 1.84. The molecular formula is C23H28N5OP. The molecule has 0 aliphatic rings. The van der Waals surface area contributed by atoms with Crippen LogP contribution in [0.4, 0.5) is 5.82 Å². The van der Waals surface area contributed by atoms with Gasteiger partial charge in [-0.05, 0) is 49.8 Å². The normalized spacial score (nSPS) is 11.1. The summed E-state index contributed by atoms with van der Waals surface area (Å²) in [5.41, 5.74) is 2.43. The highest BCUT2D eigenvalue weighted by atomic mass is 31.1. The Bertz CT molecular complexity index is 1170. The predicted molar refractivity (Wildman–Crippen MR) is 126 cm³/mol. The molecule has 3 heterocycles. The first-order chi connectivity index (χ1) is 14.6. The van der Waals surface area contributed by atoms with Crippen LogP contribution in [0.15, 0.2) is 48.8 Å². The number of carbonyl (C=O) groups is 1. The third-order valence-electron chi connectivity index (χ3n) is 4.88. The SMILES string of the molecule is CC.CPCCN(C(=O)c1ccc2nnc(C)n2c1)c1ncc(C)c2ccccc12. The van der Waals surface area contributed by atoms with Crippen molar-refractivity contribution < 1.29 is 4.79 Å². The van der Waals surface area contributed by atoms with Gasteiger partial charge in [-0.15, -0.1) is 18.8 Å². The highest BCUT2D eigenvalue weighted by Gasteiger charge is 2.22. The maximum Gasteiger partial charge on any atom is 0.260 e. The molecule has 1 atom stereocenters. The van der Waals surface area contributed by atoms with Crippen LogP contribution in [-0.2, 0) is 0 Å². The second kappa shape index (κ2) is 9.77. The van der Waals surface area contributed by atoms with Crippen molar-refractivity contribution in [2.75, 3.05) is 24.3 Å². The van der Waals surface area contributed by atoms with Crippen molar-refractivity contribution in [3.63, 3.8) is 0 Å². The monoisotopic (exact) mass is 421 g/mol. The maximum absolute atomic E-state index is 13.5. The molecule has 1 aromatic carbocycles. The second-order valence-electron chi connectivity index (χ2n) is 6.76. The zero-order valence-electron chi connectivity index (χ0n) is 18.2. The zero-order valence-corrected chi connectivity index (χ0v) is 19.2. The van der Waals surface area contributed by atoms with Gasteiger partial charge in [-0.3, -0.25) is 14.1 Å². The van der Waals surface area contributed by atoms with Gasteiger partial charge in [-0.25, -0.2) is 4.98 Å². The third-order valence-corrected chi connectivity index (χ3v) is 5.60. The minimum Gasteiger partial charge on any atom is -0.292 e. The van der Waals surface area contributed by atoms with Crippen LogP contribution < -0.4 is 4.90 Å². The molecule has 0 aliphatic heterocycles. The Hall–Kier alpha value is -2.85. The number of amides is 1. The predicted octanol–water partition coefficient (Wildman–Crippen LogP) is 4.88. The molecule has 0 saturated heterocycles. The van der Waals surface area contributed by atoms with Crippen molar-refractivity contribution in [3.05, 3.63) is 65.7 Å². The lowest BCUT2D eigenvalue weighted by atomic mass is 10.1. The van der Waals surface area contributed by atoms with E-state index in [9.17, 15) is 4.79 Å². The van der Waals surface area contributed by atoms with Crippen LogP contribution in [0.25, 0.3) is 16.4 Å². The van der Waals surface area contributed by atoms with Crippen molar-refractivity contribution >= 4 is 36.7 Å². The highest BCUT2D eigenvalue weighted by molar-refractivity contribution is 7.37. The Labute approximate surface area is 179 Å². The van der Waals surface area contributed by atoms with E-state index in [1.165, 1.54) is 0 Å². The largest absolute Gasteiger partial charge is 0.292 e. The third kappa shape index (κ3) is 4.19. The van der Waals surface area contributed by atoms with Gasteiger partial charge in [-0.2, -0.15) is 0 Å². The van der Waals surface area contributed by atoms with E-state index in [1.807, 2.05) is 74.8 Å². The molecule has 0 N–H and O–H groups in total. The van der Waals surface area contributed by atoms with Gasteiger partial charge in [0.1, 0.15) is 11.6 Å². The van der Waals surface area contributed by atoms with Gasteiger partial charge < -0.3 is 0 Å². The average Bonchev–Trinajstić information content (AvgIpc) is 3.17. The summed E-state index contributed by atoms with van der Waals surface area (Å²) in [4.78, 5) is 19.9. The maximum atomic E-state index is 13.5. The molecule has 0 radical (unpaired) electrons. The van der Waals surface area contributed by atoms with Crippen molar-refractivity contribution in [2.45, 2.75) is 27.7 Å². The van der Waals surface area contributed by atoms with Crippen molar-refractivity contribution in [1.29, 1.82) is 0 Å². The van der Waals surface area contributed by atoms with Gasteiger partial charge >= 0.3 is 0 Å². The Morgan fingerprint density at radius 1 is 1.07 bits per heavy atom. The first-order valence-corrected chi connectivity index (χ1v) is 11.9. The number of fused-ring (bicyclic) bond motifs is 2. The number of rotatable bonds is 5. The number of carbonyl (C=O) groups excluding carboxylic acids is 1. The average molecular weight is 421 g/mol. The molecule has 3 aromatic heterocycles. The molecular weight excluding hydrogens is 393 g/mol. The number of hydrogen-bond donors (Lipinski definition) is 0. The van der Waals surface area contributed by atoms with Gasteiger partial charge in [0, 0.05) is 24.3 Å². The Morgan fingerprint density at radius 2 is 1.80 bits per heavy atom. The van der Waals surface area contributed by atoms with Crippen LogP contribution in [0.2, 0.25) is 0 Å². The molecule has 7 heteroatoms. The zero-order chi connectivity index (χ0) is 21.7. The molecule has 0 spiro atoms. The molecule has 1 amide bonds. The molecule has 156 valence electrons. The molecule has 30 heavy (non-hydrogen) atoms. The topological polar surface area (TPSA) is 63.4 Å². The number of pyridine rings is 2. The van der Waals surface area contributed by atoms with Gasteiger partial charge in [0.05, 0.1) is 5.56 Å². The molecule has 4 rings (SSSR count). The lowest BCUT2D eigenvalue weighted by molar-refractivity contribution is 0.0987. The molecule has 6 nitrogen and oxygen atoms in total. The van der Waals surface area contributed by atoms with Crippen molar-refractivity contribution in [1.82, 2.24) is 19.6 Å². The summed E-state index contributed by atoms with van der Waals surface area (Å²) in [6.45, 7) is 10.7. The summed E-state index contributed by atoms with van der Waals surface area (Å²) in [7, 11) is 0.761. The van der Waals surface area contributed by atoms with Crippen LogP contribution in [0.3, 0.4) is 0 Å². The standard InChI is InChI=1S/C21H22N5OP.C2H6/c1-14-12-22-20(18-7-5-4-6-17(14)18)25(10-11-28-3)21(27)16-8-9-19-24-23-15(2)26(19)13-16;1-2/h4-9,12-13,28H,10-11H2,1-3H3;1-2H3. The van der Waals surface area contributed by atoms with E-state index in [-0.39, 0.29) is 5.91 Å². The first kappa shape index (κ1) is 21.8. The fraction of sp³-hybridized carbons (Fsp3) is 0.304. The van der Waals surface area contributed by atoms with Crippen molar-refractivity contribution in [2.24, 2.45) is 0 Å². The highest BCUT2D eigenvalue weighted by Crippen LogP contribution is 2.28. The van der Waals surface area contributed by atoms with Crippen LogP contribution in [0.5, 0.6) is 0 Å². The van der Waals surface area contributed by atoms with Crippen LogP contribution >= 0.6 is 8.58 Å². The lowest BCUT2D eigenvalue weighted by Crippen LogP contribution is -2.34. The summed E-state index contributed by atoms with van der Waals surface area (Å²) >= 11 is 0. The Morgan fingerprint density at radius 3 is 2.53 bits per heavy atom. The minimum atomic E-state index is -0.0604. The number of aromatic nitrogens is 4. The van der Waals surface area contributed by atoms with Gasteiger partial charge in [0.15, 0.2) is 5.65 Å². The van der Waals surface area contributed by atoms with Gasteiger partial charge in [0.25, 0.3) is 5.91 Å². The van der Waals surface area contributed by atoms with E-state index in [0.29, 0.717) is 17.9 Å². The first-order valence-electron chi connectivity index (χ1n) is 10.2. The minimum absolute atomic E-state index is 0.0604. The van der Waals surface area contributed by atoms with E-state index in [1.54, 1.807) is 4.90 Å². The van der Waals surface area contributed by atoms with Crippen LogP contribution in [-0.4, -0.2) is 44.9 Å². The molecule has 4 aromatic rings. The molecule has 0 aliphatic carbocycles. The quantitative estimate of drug-likeness (QED) is 0.431. The van der Waals surface area contributed by atoms with Crippen LogP contribution in [0.1, 0.15) is 35.6 Å². The number of anilines is 1. The van der Waals surface area contributed by atoms with E-state index in [2.05, 4.69) is 27.9 Å². The van der Waals surface area contributed by atoms with Gasteiger partial charge in [-0.1, -0.05) is 38.1 Å². The molecule has 0 saturated carbocycles. The number of benzene rings is 1. The molecule has 0 fully saturated rings. The Kier molecular flexibility index (Phi) is 7.11. The summed E-state index contributed by atoms with van der Waals surface area (Å²) in [6.07, 6.45) is 4.59. The van der Waals surface area contributed by atoms with Crippen LogP contribution in [0, 0.1) is 13.8 Å². The number of hydrogen-bond acceptors (Lipinski definition) is 4. The number of nitrogens with zero attached hydrogens (tertiary/aromatic N) is 5. The summed E-state index contributed by atoms with van der Waals surface area (Å²) in [6, 6.07) is 11.8. The summed E-state index contributed by atoms with van der Waals surface area (Å²) in [5.74, 6) is 1.41. The fourth-order valence-corrected chi connectivity index (χ4v) is 3.80. The number of aryl methyl sites for hydroxylation is 2. The second-order valence-corrected chi connectivity index (χ2v) is 7.97. The smallest absolute Gasteiger partial charge is 0.260 e. The lowest BCUT2D eigenvalue weighted by Gasteiger charge is -2.23. The van der Waals surface area contributed by atoms with E-state index in [4.69, 9.17) is 0 Å².